The molecule has 0 spiro atoms. The first-order chi connectivity index (χ1) is 9.42. The first-order valence-corrected chi connectivity index (χ1v) is 8.41. The van der Waals surface area contributed by atoms with Crippen molar-refractivity contribution >= 4 is 34.7 Å². The Hall–Kier alpha value is -0.690. The molecule has 20 heavy (non-hydrogen) atoms. The lowest BCUT2D eigenvalue weighted by Crippen LogP contribution is -2.36. The molecule has 1 aromatic heterocycles. The molecular formula is C13H15ClFN3S2. The highest BCUT2D eigenvalue weighted by molar-refractivity contribution is 8.00. The van der Waals surface area contributed by atoms with E-state index in [1.54, 1.807) is 29.2 Å². The van der Waals surface area contributed by atoms with Crippen molar-refractivity contribution in [2.45, 2.75) is 30.3 Å². The van der Waals surface area contributed by atoms with E-state index in [1.165, 1.54) is 12.1 Å². The van der Waals surface area contributed by atoms with Crippen LogP contribution in [-0.4, -0.2) is 16.5 Å². The Balaban J connectivity index is 2.10. The Kier molecular flexibility index (Phi) is 5.01. The summed E-state index contributed by atoms with van der Waals surface area (Å²) in [4.78, 5) is 0. The summed E-state index contributed by atoms with van der Waals surface area (Å²) in [6.07, 6.45) is 1.97. The lowest BCUT2D eigenvalue weighted by molar-refractivity contribution is 0.399. The number of rotatable bonds is 5. The maximum atomic E-state index is 13.1. The van der Waals surface area contributed by atoms with Crippen molar-refractivity contribution in [1.29, 1.82) is 0 Å². The number of halogens is 2. The smallest absolute Gasteiger partial charge is 0.174 e. The predicted molar refractivity (Wildman–Crippen MR) is 83.0 cm³/mol. The average Bonchev–Trinajstić information content (AvgIpc) is 2.84. The van der Waals surface area contributed by atoms with Crippen LogP contribution < -0.4 is 5.32 Å². The zero-order valence-corrected chi connectivity index (χ0v) is 13.8. The van der Waals surface area contributed by atoms with Gasteiger partial charge in [-0.05, 0) is 37.8 Å². The number of nitrogens with zero attached hydrogens (tertiary/aromatic N) is 2. The highest BCUT2D eigenvalue weighted by Crippen LogP contribution is 2.29. The van der Waals surface area contributed by atoms with E-state index < -0.39 is 0 Å². The molecule has 3 nitrogen and oxygen atoms in total. The molecule has 0 atom stereocenters. The van der Waals surface area contributed by atoms with Crippen LogP contribution in [0.5, 0.6) is 0 Å². The third-order valence-electron chi connectivity index (χ3n) is 2.91. The minimum absolute atomic E-state index is 0.330. The van der Waals surface area contributed by atoms with Gasteiger partial charge >= 0.3 is 0 Å². The second kappa shape index (κ2) is 6.39. The molecule has 108 valence electrons. The Morgan fingerprint density at radius 1 is 1.40 bits per heavy atom. The Morgan fingerprint density at radius 3 is 2.75 bits per heavy atom. The van der Waals surface area contributed by atoms with E-state index in [-0.39, 0.29) is 11.4 Å². The number of aromatic nitrogens is 2. The van der Waals surface area contributed by atoms with Gasteiger partial charge in [0.2, 0.25) is 0 Å². The zero-order valence-electron chi connectivity index (χ0n) is 11.4. The van der Waals surface area contributed by atoms with Gasteiger partial charge in [0, 0.05) is 10.6 Å². The fourth-order valence-electron chi connectivity index (χ4n) is 1.78. The quantitative estimate of drug-likeness (QED) is 0.838. The summed E-state index contributed by atoms with van der Waals surface area (Å²) in [6, 6.07) is 4.45. The summed E-state index contributed by atoms with van der Waals surface area (Å²) in [7, 11) is 0. The fraction of sp³-hybridized carbons (Fsp3) is 0.385. The summed E-state index contributed by atoms with van der Waals surface area (Å²) in [6.45, 7) is 4.60. The number of hydrogen-bond donors (Lipinski definition) is 1. The van der Waals surface area contributed by atoms with Gasteiger partial charge in [-0.15, -0.1) is 10.2 Å². The van der Waals surface area contributed by atoms with Crippen molar-refractivity contribution in [3.05, 3.63) is 39.6 Å². The van der Waals surface area contributed by atoms with Gasteiger partial charge in [0.1, 0.15) is 10.8 Å². The Morgan fingerprint density at radius 2 is 2.15 bits per heavy atom. The van der Waals surface area contributed by atoms with E-state index in [0.717, 1.165) is 14.9 Å². The molecule has 0 radical (unpaired) electrons. The van der Waals surface area contributed by atoms with Crippen LogP contribution in [0.25, 0.3) is 0 Å². The second-order valence-electron chi connectivity index (χ2n) is 4.77. The van der Waals surface area contributed by atoms with Crippen LogP contribution in [0, 0.1) is 5.82 Å². The largest absolute Gasteiger partial charge is 0.301 e. The first kappa shape index (κ1) is 15.7. The Bertz CT molecular complexity index is 601. The maximum absolute atomic E-state index is 13.1. The van der Waals surface area contributed by atoms with Crippen molar-refractivity contribution in [2.75, 3.05) is 6.26 Å². The molecule has 0 aliphatic heterocycles. The van der Waals surface area contributed by atoms with E-state index in [1.807, 2.05) is 20.1 Å². The van der Waals surface area contributed by atoms with Gasteiger partial charge in [0.25, 0.3) is 0 Å². The maximum Gasteiger partial charge on any atom is 0.174 e. The van der Waals surface area contributed by atoms with Crippen LogP contribution in [0.4, 0.5) is 4.39 Å². The lowest BCUT2D eigenvalue weighted by atomic mass is 9.94. The number of hydrogen-bond acceptors (Lipinski definition) is 5. The van der Waals surface area contributed by atoms with Gasteiger partial charge in [-0.2, -0.15) is 0 Å². The standard InChI is InChI=1S/C13H15ClFN3S2/c1-13(2,9-5-4-8(15)6-10(9)14)16-7-11-17-18-12(19-3)20-11/h4-6,16H,7H2,1-3H3. The normalized spacial score (nSPS) is 11.8. The topological polar surface area (TPSA) is 37.8 Å². The summed E-state index contributed by atoms with van der Waals surface area (Å²) in [5, 5.41) is 12.9. The molecule has 1 aromatic carbocycles. The van der Waals surface area contributed by atoms with Crippen LogP contribution in [0.1, 0.15) is 24.4 Å². The third kappa shape index (κ3) is 3.69. The summed E-state index contributed by atoms with van der Waals surface area (Å²) in [5.74, 6) is -0.330. The minimum Gasteiger partial charge on any atom is -0.301 e. The van der Waals surface area contributed by atoms with Crippen LogP contribution in [0.3, 0.4) is 0 Å². The SMILES string of the molecule is CSc1nnc(CNC(C)(C)c2ccc(F)cc2Cl)s1. The lowest BCUT2D eigenvalue weighted by Gasteiger charge is -2.27. The van der Waals surface area contributed by atoms with Crippen LogP contribution in [-0.2, 0) is 12.1 Å². The molecule has 0 amide bonds. The molecule has 0 bridgehead atoms. The molecule has 0 aliphatic carbocycles. The van der Waals surface area contributed by atoms with Gasteiger partial charge in [-0.3, -0.25) is 0 Å². The van der Waals surface area contributed by atoms with E-state index in [0.29, 0.717) is 11.6 Å². The number of benzene rings is 1. The number of thioether (sulfide) groups is 1. The number of nitrogens with one attached hydrogen (secondary N) is 1. The molecule has 0 unspecified atom stereocenters. The van der Waals surface area contributed by atoms with E-state index >= 15 is 0 Å². The predicted octanol–water partition coefficient (Wildman–Crippen LogP) is 4.08. The van der Waals surface area contributed by atoms with E-state index in [9.17, 15) is 4.39 Å². The molecule has 0 aliphatic rings. The molecule has 2 rings (SSSR count). The summed E-state index contributed by atoms with van der Waals surface area (Å²) < 4.78 is 14.0. The molecular weight excluding hydrogens is 317 g/mol. The summed E-state index contributed by atoms with van der Waals surface area (Å²) in [5.41, 5.74) is 0.478. The molecule has 0 saturated carbocycles. The second-order valence-corrected chi connectivity index (χ2v) is 7.29. The van der Waals surface area contributed by atoms with E-state index in [2.05, 4.69) is 15.5 Å². The highest BCUT2D eigenvalue weighted by atomic mass is 35.5. The van der Waals surface area contributed by atoms with Crippen molar-refractivity contribution in [2.24, 2.45) is 0 Å². The van der Waals surface area contributed by atoms with Gasteiger partial charge < -0.3 is 5.32 Å². The van der Waals surface area contributed by atoms with Gasteiger partial charge in [0.05, 0.1) is 6.54 Å². The van der Waals surface area contributed by atoms with Crippen molar-refractivity contribution < 1.29 is 4.39 Å². The van der Waals surface area contributed by atoms with Crippen LogP contribution in [0.15, 0.2) is 22.5 Å². The average molecular weight is 332 g/mol. The van der Waals surface area contributed by atoms with Crippen molar-refractivity contribution in [3.63, 3.8) is 0 Å². The molecule has 1 heterocycles. The van der Waals surface area contributed by atoms with E-state index in [4.69, 9.17) is 11.6 Å². The Labute approximate surface area is 131 Å². The molecule has 0 saturated heterocycles. The fourth-order valence-corrected chi connectivity index (χ4v) is 3.44. The molecule has 7 heteroatoms. The first-order valence-electron chi connectivity index (χ1n) is 5.99. The zero-order chi connectivity index (χ0) is 14.8. The van der Waals surface area contributed by atoms with Crippen LogP contribution >= 0.6 is 34.7 Å². The van der Waals surface area contributed by atoms with Gasteiger partial charge in [-0.25, -0.2) is 4.39 Å². The van der Waals surface area contributed by atoms with Gasteiger partial charge in [0.15, 0.2) is 4.34 Å². The summed E-state index contributed by atoms with van der Waals surface area (Å²) >= 11 is 9.25. The van der Waals surface area contributed by atoms with Gasteiger partial charge in [-0.1, -0.05) is 40.8 Å². The van der Waals surface area contributed by atoms with Crippen molar-refractivity contribution in [3.8, 4) is 0 Å². The monoisotopic (exact) mass is 331 g/mol. The third-order valence-corrected chi connectivity index (χ3v) is 5.12. The molecule has 2 aromatic rings. The van der Waals surface area contributed by atoms with Crippen LogP contribution in [0.2, 0.25) is 5.02 Å². The highest BCUT2D eigenvalue weighted by Gasteiger charge is 2.23. The van der Waals surface area contributed by atoms with Crippen molar-refractivity contribution in [1.82, 2.24) is 15.5 Å². The molecule has 0 fully saturated rings. The minimum atomic E-state index is -0.379. The molecule has 1 N–H and O–H groups in total.